The van der Waals surface area contributed by atoms with Crippen LogP contribution in [0.5, 0.6) is 0 Å². The molecule has 0 radical (unpaired) electrons. The predicted molar refractivity (Wildman–Crippen MR) is 108 cm³/mol. The van der Waals surface area contributed by atoms with Crippen molar-refractivity contribution in [3.63, 3.8) is 0 Å². The number of carbonyl (C=O) groups is 1. The fraction of sp³-hybridized carbons (Fsp3) is 0.143. The number of nitrogens with zero attached hydrogens (tertiary/aromatic N) is 1. The summed E-state index contributed by atoms with van der Waals surface area (Å²) >= 11 is 0. The van der Waals surface area contributed by atoms with Crippen molar-refractivity contribution in [3.05, 3.63) is 83.7 Å². The van der Waals surface area contributed by atoms with Crippen LogP contribution in [-0.2, 0) is 21.8 Å². The number of rotatable bonds is 5. The first-order valence-corrected chi connectivity index (χ1v) is 10.8. The molecule has 0 spiro atoms. The maximum atomic E-state index is 13.3. The molecular weight excluding hydrogens is 417 g/mol. The second-order valence-electron chi connectivity index (χ2n) is 6.73. The number of halogens is 3. The van der Waals surface area contributed by atoms with E-state index in [0.717, 1.165) is 24.0 Å². The molecule has 1 amide bonds. The van der Waals surface area contributed by atoms with Crippen molar-refractivity contribution >= 4 is 21.4 Å². The van der Waals surface area contributed by atoms with Gasteiger partial charge in [-0.25, -0.2) is 8.42 Å². The number of nitrogens with one attached hydrogen (secondary N) is 1. The number of amides is 1. The lowest BCUT2D eigenvalue weighted by atomic mass is 10.0. The van der Waals surface area contributed by atoms with Gasteiger partial charge in [0.25, 0.3) is 5.91 Å². The highest BCUT2D eigenvalue weighted by Crippen LogP contribution is 2.32. The fourth-order valence-electron chi connectivity index (χ4n) is 2.93. The molecule has 0 fully saturated rings. The Morgan fingerprint density at radius 2 is 1.77 bits per heavy atom. The zero-order valence-electron chi connectivity index (χ0n) is 15.8. The summed E-state index contributed by atoms with van der Waals surface area (Å²) in [7, 11) is -3.59. The third kappa shape index (κ3) is 5.44. The summed E-state index contributed by atoms with van der Waals surface area (Å²) in [5.74, 6) is -1.42. The number of anilines is 1. The summed E-state index contributed by atoms with van der Waals surface area (Å²) in [6.45, 7) is 0. The van der Waals surface area contributed by atoms with Gasteiger partial charge < -0.3 is 5.32 Å². The molecule has 0 aliphatic carbocycles. The summed E-state index contributed by atoms with van der Waals surface area (Å²) in [6.07, 6.45) is -0.890. The minimum atomic E-state index is -4.73. The van der Waals surface area contributed by atoms with Crippen LogP contribution >= 0.6 is 0 Å². The monoisotopic (exact) mass is 434 g/mol. The standard InChI is InChI=1S/C21H17F3N2O3S/c1-30(28,29)13-14-9-16(11-17(10-14)21(22,23)24)20(27)26-19-12-25-8-7-18(19)15-5-3-2-4-6-15/h2-12H,13H2,1H3,(H,26,27). The van der Waals surface area contributed by atoms with Crippen LogP contribution in [0.4, 0.5) is 18.9 Å². The molecule has 156 valence electrons. The Kier molecular flexibility index (Phi) is 5.93. The van der Waals surface area contributed by atoms with E-state index in [1.54, 1.807) is 6.07 Å². The lowest BCUT2D eigenvalue weighted by Crippen LogP contribution is -2.16. The Morgan fingerprint density at radius 1 is 1.07 bits per heavy atom. The molecule has 0 saturated carbocycles. The van der Waals surface area contributed by atoms with E-state index in [1.165, 1.54) is 12.4 Å². The highest BCUT2D eigenvalue weighted by Gasteiger charge is 2.32. The molecule has 0 aliphatic heterocycles. The van der Waals surface area contributed by atoms with E-state index in [4.69, 9.17) is 0 Å². The van der Waals surface area contributed by atoms with Gasteiger partial charge >= 0.3 is 6.18 Å². The Labute approximate surface area is 171 Å². The molecular formula is C21H17F3N2O3S. The highest BCUT2D eigenvalue weighted by atomic mass is 32.2. The highest BCUT2D eigenvalue weighted by molar-refractivity contribution is 7.89. The van der Waals surface area contributed by atoms with Crippen molar-refractivity contribution in [3.8, 4) is 11.1 Å². The number of hydrogen-bond acceptors (Lipinski definition) is 4. The largest absolute Gasteiger partial charge is 0.416 e. The molecule has 9 heteroatoms. The predicted octanol–water partition coefficient (Wildman–Crippen LogP) is 4.56. The molecule has 5 nitrogen and oxygen atoms in total. The fourth-order valence-corrected chi connectivity index (χ4v) is 3.70. The summed E-state index contributed by atoms with van der Waals surface area (Å²) in [5, 5.41) is 2.58. The van der Waals surface area contributed by atoms with Gasteiger partial charge in [-0.2, -0.15) is 13.2 Å². The van der Waals surface area contributed by atoms with Crippen LogP contribution in [-0.4, -0.2) is 25.6 Å². The quantitative estimate of drug-likeness (QED) is 0.639. The van der Waals surface area contributed by atoms with Gasteiger partial charge in [-0.1, -0.05) is 30.3 Å². The average molecular weight is 434 g/mol. The molecule has 0 saturated heterocycles. The van der Waals surface area contributed by atoms with Gasteiger partial charge in [-0.15, -0.1) is 0 Å². The van der Waals surface area contributed by atoms with E-state index in [2.05, 4.69) is 10.3 Å². The van der Waals surface area contributed by atoms with Gasteiger partial charge in [-0.05, 0) is 35.4 Å². The smallest absolute Gasteiger partial charge is 0.320 e. The van der Waals surface area contributed by atoms with Crippen molar-refractivity contribution in [1.82, 2.24) is 4.98 Å². The van der Waals surface area contributed by atoms with Gasteiger partial charge in [0, 0.05) is 23.6 Å². The van der Waals surface area contributed by atoms with Gasteiger partial charge in [0.2, 0.25) is 0 Å². The van der Waals surface area contributed by atoms with Crippen molar-refractivity contribution in [2.75, 3.05) is 11.6 Å². The first kappa shape index (κ1) is 21.5. The Balaban J connectivity index is 1.99. The lowest BCUT2D eigenvalue weighted by Gasteiger charge is -2.14. The molecule has 3 aromatic rings. The molecule has 0 aliphatic rings. The van der Waals surface area contributed by atoms with Crippen LogP contribution in [0.15, 0.2) is 67.0 Å². The SMILES string of the molecule is CS(=O)(=O)Cc1cc(C(=O)Nc2cnccc2-c2ccccc2)cc(C(F)(F)F)c1. The zero-order valence-corrected chi connectivity index (χ0v) is 16.6. The van der Waals surface area contributed by atoms with Gasteiger partial charge in [0.15, 0.2) is 9.84 Å². The number of pyridine rings is 1. The lowest BCUT2D eigenvalue weighted by molar-refractivity contribution is -0.137. The van der Waals surface area contributed by atoms with Crippen molar-refractivity contribution in [2.24, 2.45) is 0 Å². The molecule has 1 heterocycles. The molecule has 0 unspecified atom stereocenters. The molecule has 1 N–H and O–H groups in total. The minimum absolute atomic E-state index is 0.119. The second-order valence-corrected chi connectivity index (χ2v) is 8.87. The third-order valence-corrected chi connectivity index (χ3v) is 5.02. The van der Waals surface area contributed by atoms with E-state index < -0.39 is 33.2 Å². The molecule has 2 aromatic carbocycles. The van der Waals surface area contributed by atoms with Crippen LogP contribution in [0, 0.1) is 0 Å². The molecule has 0 atom stereocenters. The molecule has 0 bridgehead atoms. The summed E-state index contributed by atoms with van der Waals surface area (Å²) in [6, 6.07) is 13.3. The van der Waals surface area contributed by atoms with Gasteiger partial charge in [-0.3, -0.25) is 9.78 Å². The molecule has 30 heavy (non-hydrogen) atoms. The number of sulfone groups is 1. The summed E-state index contributed by atoms with van der Waals surface area (Å²) in [5.41, 5.74) is 0.233. The minimum Gasteiger partial charge on any atom is -0.320 e. The van der Waals surface area contributed by atoms with Crippen molar-refractivity contribution in [2.45, 2.75) is 11.9 Å². The van der Waals surface area contributed by atoms with E-state index in [9.17, 15) is 26.4 Å². The maximum Gasteiger partial charge on any atom is 0.416 e. The normalized spacial score (nSPS) is 11.9. The van der Waals surface area contributed by atoms with Crippen molar-refractivity contribution < 1.29 is 26.4 Å². The Bertz CT molecular complexity index is 1180. The Morgan fingerprint density at radius 3 is 2.40 bits per heavy atom. The number of aromatic nitrogens is 1. The van der Waals surface area contributed by atoms with Gasteiger partial charge in [0.05, 0.1) is 23.2 Å². The number of hydrogen-bond donors (Lipinski definition) is 1. The average Bonchev–Trinajstić information content (AvgIpc) is 2.67. The van der Waals surface area contributed by atoms with E-state index in [1.807, 2.05) is 30.3 Å². The maximum absolute atomic E-state index is 13.3. The molecule has 1 aromatic heterocycles. The van der Waals surface area contributed by atoms with Gasteiger partial charge in [0.1, 0.15) is 0 Å². The zero-order chi connectivity index (χ0) is 21.9. The van der Waals surface area contributed by atoms with E-state index in [0.29, 0.717) is 17.3 Å². The number of alkyl halides is 3. The van der Waals surface area contributed by atoms with Crippen LogP contribution in [0.25, 0.3) is 11.1 Å². The van der Waals surface area contributed by atoms with Crippen LogP contribution in [0.1, 0.15) is 21.5 Å². The third-order valence-electron chi connectivity index (χ3n) is 4.17. The first-order chi connectivity index (χ1) is 14.0. The van der Waals surface area contributed by atoms with E-state index in [-0.39, 0.29) is 11.1 Å². The van der Waals surface area contributed by atoms with Crippen LogP contribution in [0.2, 0.25) is 0 Å². The summed E-state index contributed by atoms with van der Waals surface area (Å²) in [4.78, 5) is 16.7. The molecule has 3 rings (SSSR count). The van der Waals surface area contributed by atoms with Crippen molar-refractivity contribution in [1.29, 1.82) is 0 Å². The first-order valence-electron chi connectivity index (χ1n) is 8.72. The summed E-state index contributed by atoms with van der Waals surface area (Å²) < 4.78 is 62.9. The van der Waals surface area contributed by atoms with Crippen LogP contribution in [0.3, 0.4) is 0 Å². The van der Waals surface area contributed by atoms with E-state index >= 15 is 0 Å². The Hall–Kier alpha value is -3.20. The van der Waals surface area contributed by atoms with Crippen LogP contribution < -0.4 is 5.32 Å². The number of carbonyl (C=O) groups excluding carboxylic acids is 1. The second kappa shape index (κ2) is 8.27. The number of benzene rings is 2. The topological polar surface area (TPSA) is 76.1 Å².